The number of carbonyl (C=O) groups excluding carboxylic acids is 2. The number of nitrogens with two attached hydrogens (primary N) is 1. The lowest BCUT2D eigenvalue weighted by molar-refractivity contribution is -0.132. The molecule has 2 aromatic carbocycles. The zero-order valence-corrected chi connectivity index (χ0v) is 20.4. The largest absolute Gasteiger partial charge is 0.352 e. The molecule has 0 bridgehead atoms. The first-order valence-corrected chi connectivity index (χ1v) is 13.5. The fourth-order valence-electron chi connectivity index (χ4n) is 4.80. The van der Waals surface area contributed by atoms with E-state index in [2.05, 4.69) is 5.32 Å². The van der Waals surface area contributed by atoms with Gasteiger partial charge < -0.3 is 16.0 Å². The number of sulfone groups is 1. The maximum Gasteiger partial charge on any atom is 0.251 e. The van der Waals surface area contributed by atoms with E-state index < -0.39 is 33.3 Å². The Morgan fingerprint density at radius 2 is 1.78 bits per heavy atom. The van der Waals surface area contributed by atoms with Crippen molar-refractivity contribution in [1.29, 1.82) is 0 Å². The molecule has 11 heteroatoms. The molecule has 1 fully saturated rings. The Bertz CT molecular complexity index is 1280. The summed E-state index contributed by atoms with van der Waals surface area (Å²) in [5.74, 6) is -4.26. The van der Waals surface area contributed by atoms with Crippen LogP contribution in [0.25, 0.3) is 0 Å². The summed E-state index contributed by atoms with van der Waals surface area (Å²) in [5, 5.41) is 2.69. The summed E-state index contributed by atoms with van der Waals surface area (Å²) in [6.07, 6.45) is 1.55. The molecule has 4 rings (SSSR count). The summed E-state index contributed by atoms with van der Waals surface area (Å²) in [6.45, 7) is 1.25. The molecule has 7 nitrogen and oxygen atoms in total. The fraction of sp³-hybridized carbons (Fsp3) is 0.440. The van der Waals surface area contributed by atoms with Crippen molar-refractivity contribution in [2.75, 3.05) is 25.4 Å². The van der Waals surface area contributed by atoms with Gasteiger partial charge in [-0.15, -0.1) is 0 Å². The first-order chi connectivity index (χ1) is 17.0. The SMILES string of the molecule is N[C@H](Cc1cc(F)c(F)cc1F)C1CCN(C(=O)CCS(=O)(=O)c2ccc3c(c2)C(=O)NCC3)CC1. The number of fused-ring (bicyclic) bond motifs is 1. The van der Waals surface area contributed by atoms with Crippen molar-refractivity contribution < 1.29 is 31.2 Å². The second kappa shape index (κ2) is 10.6. The molecule has 0 aliphatic carbocycles. The normalized spacial score (nSPS) is 17.4. The van der Waals surface area contributed by atoms with Gasteiger partial charge in [0.2, 0.25) is 5.91 Å². The van der Waals surface area contributed by atoms with Gasteiger partial charge >= 0.3 is 0 Å². The van der Waals surface area contributed by atoms with Gasteiger partial charge in [0, 0.05) is 43.7 Å². The van der Waals surface area contributed by atoms with Gasteiger partial charge in [0.1, 0.15) is 5.82 Å². The number of rotatable bonds is 7. The van der Waals surface area contributed by atoms with Crippen molar-refractivity contribution in [2.24, 2.45) is 11.7 Å². The van der Waals surface area contributed by atoms with Gasteiger partial charge in [-0.1, -0.05) is 6.07 Å². The lowest BCUT2D eigenvalue weighted by atomic mass is 9.86. The zero-order chi connectivity index (χ0) is 26.0. The Labute approximate surface area is 207 Å². The molecule has 0 spiro atoms. The molecule has 2 aromatic rings. The molecule has 0 saturated carbocycles. The Kier molecular flexibility index (Phi) is 7.70. The molecule has 0 aromatic heterocycles. The molecule has 2 aliphatic heterocycles. The molecule has 3 N–H and O–H groups in total. The smallest absolute Gasteiger partial charge is 0.251 e. The summed E-state index contributed by atoms with van der Waals surface area (Å²) in [7, 11) is -3.76. The molecule has 0 radical (unpaired) electrons. The van der Waals surface area contributed by atoms with Crippen LogP contribution >= 0.6 is 0 Å². The van der Waals surface area contributed by atoms with Crippen LogP contribution in [0.5, 0.6) is 0 Å². The number of amides is 2. The van der Waals surface area contributed by atoms with E-state index >= 15 is 0 Å². The van der Waals surface area contributed by atoms with E-state index in [1.807, 2.05) is 0 Å². The first-order valence-electron chi connectivity index (χ1n) is 11.9. The van der Waals surface area contributed by atoms with Crippen LogP contribution in [0.4, 0.5) is 13.2 Å². The van der Waals surface area contributed by atoms with Crippen molar-refractivity contribution in [2.45, 2.75) is 43.0 Å². The second-order valence-corrected chi connectivity index (χ2v) is 11.4. The zero-order valence-electron chi connectivity index (χ0n) is 19.6. The highest BCUT2D eigenvalue weighted by Gasteiger charge is 2.29. The van der Waals surface area contributed by atoms with Crippen LogP contribution in [0.2, 0.25) is 0 Å². The van der Waals surface area contributed by atoms with Gasteiger partial charge in [0.05, 0.1) is 10.6 Å². The molecule has 2 aliphatic rings. The molecule has 2 amide bonds. The summed E-state index contributed by atoms with van der Waals surface area (Å²) in [5.41, 5.74) is 7.34. The summed E-state index contributed by atoms with van der Waals surface area (Å²) in [4.78, 5) is 26.3. The third-order valence-corrected chi connectivity index (χ3v) is 8.71. The number of likely N-dealkylation sites (tertiary alicyclic amines) is 1. The summed E-state index contributed by atoms with van der Waals surface area (Å²) in [6, 6.07) is 5.31. The van der Waals surface area contributed by atoms with Gasteiger partial charge in [-0.05, 0) is 60.9 Å². The highest BCUT2D eigenvalue weighted by molar-refractivity contribution is 7.91. The average Bonchev–Trinajstić information content (AvgIpc) is 2.86. The number of benzene rings is 2. The van der Waals surface area contributed by atoms with Crippen LogP contribution in [0, 0.1) is 23.4 Å². The highest BCUT2D eigenvalue weighted by Crippen LogP contribution is 2.25. The van der Waals surface area contributed by atoms with E-state index in [0.717, 1.165) is 11.6 Å². The Balaban J connectivity index is 1.29. The van der Waals surface area contributed by atoms with Gasteiger partial charge in [0.25, 0.3) is 5.91 Å². The maximum absolute atomic E-state index is 13.9. The van der Waals surface area contributed by atoms with Gasteiger partial charge in [-0.25, -0.2) is 21.6 Å². The van der Waals surface area contributed by atoms with E-state index in [-0.39, 0.29) is 46.8 Å². The van der Waals surface area contributed by atoms with Crippen molar-refractivity contribution in [3.8, 4) is 0 Å². The number of nitrogens with zero attached hydrogens (tertiary/aromatic N) is 1. The number of halogens is 3. The third kappa shape index (κ3) is 5.73. The molecule has 2 heterocycles. The molecule has 0 unspecified atom stereocenters. The van der Waals surface area contributed by atoms with Crippen molar-refractivity contribution >= 4 is 21.7 Å². The van der Waals surface area contributed by atoms with E-state index in [9.17, 15) is 31.2 Å². The minimum absolute atomic E-state index is 0.00442. The Morgan fingerprint density at radius 3 is 2.50 bits per heavy atom. The van der Waals surface area contributed by atoms with Crippen LogP contribution < -0.4 is 11.1 Å². The molecule has 36 heavy (non-hydrogen) atoms. The standard InChI is InChI=1S/C25H28F3N3O4S/c26-20-14-22(28)21(27)11-17(20)12-23(29)16-4-8-31(9-5-16)24(32)6-10-36(34,35)18-2-1-15-3-7-30-25(33)19(15)13-18/h1-2,11,13-14,16,23H,3-10,12,29H2,(H,30,33)/t23-/m1/s1. The molecule has 194 valence electrons. The third-order valence-electron chi connectivity index (χ3n) is 6.99. The van der Waals surface area contributed by atoms with Crippen LogP contribution in [0.1, 0.15) is 40.7 Å². The van der Waals surface area contributed by atoms with Crippen molar-refractivity contribution in [3.05, 3.63) is 64.5 Å². The first kappa shape index (κ1) is 26.2. The number of carbonyl (C=O) groups is 2. The van der Waals surface area contributed by atoms with E-state index in [1.165, 1.54) is 12.1 Å². The molecular weight excluding hydrogens is 495 g/mol. The summed E-state index contributed by atoms with van der Waals surface area (Å²) >= 11 is 0. The molecule has 1 saturated heterocycles. The Hall–Kier alpha value is -2.92. The van der Waals surface area contributed by atoms with Crippen LogP contribution in [-0.4, -0.2) is 56.6 Å². The minimum Gasteiger partial charge on any atom is -0.352 e. The average molecular weight is 524 g/mol. The lowest BCUT2D eigenvalue weighted by Crippen LogP contribution is -2.44. The summed E-state index contributed by atoms with van der Waals surface area (Å²) < 4.78 is 66.2. The van der Waals surface area contributed by atoms with E-state index in [0.29, 0.717) is 50.5 Å². The van der Waals surface area contributed by atoms with Gasteiger partial charge in [-0.2, -0.15) is 0 Å². The number of hydrogen-bond acceptors (Lipinski definition) is 5. The van der Waals surface area contributed by atoms with E-state index in [4.69, 9.17) is 5.73 Å². The predicted octanol–water partition coefficient (Wildman–Crippen LogP) is 2.36. The van der Waals surface area contributed by atoms with Crippen molar-refractivity contribution in [1.82, 2.24) is 10.2 Å². The molecular formula is C25H28F3N3O4S. The van der Waals surface area contributed by atoms with Crippen LogP contribution in [0.15, 0.2) is 35.2 Å². The number of nitrogens with one attached hydrogen (secondary N) is 1. The topological polar surface area (TPSA) is 110 Å². The molecule has 1 atom stereocenters. The fourth-order valence-corrected chi connectivity index (χ4v) is 6.05. The monoisotopic (exact) mass is 523 g/mol. The Morgan fingerprint density at radius 1 is 1.08 bits per heavy atom. The van der Waals surface area contributed by atoms with Crippen LogP contribution in [0.3, 0.4) is 0 Å². The quantitative estimate of drug-likeness (QED) is 0.542. The lowest BCUT2D eigenvalue weighted by Gasteiger charge is -2.35. The van der Waals surface area contributed by atoms with E-state index in [1.54, 1.807) is 11.0 Å². The highest BCUT2D eigenvalue weighted by atomic mass is 32.2. The second-order valence-electron chi connectivity index (χ2n) is 9.34. The maximum atomic E-state index is 13.9. The van der Waals surface area contributed by atoms with Gasteiger partial charge in [-0.3, -0.25) is 9.59 Å². The number of hydrogen-bond donors (Lipinski definition) is 2. The van der Waals surface area contributed by atoms with Gasteiger partial charge in [0.15, 0.2) is 21.5 Å². The number of piperidine rings is 1. The minimum atomic E-state index is -3.76. The predicted molar refractivity (Wildman–Crippen MR) is 126 cm³/mol. The van der Waals surface area contributed by atoms with Crippen LogP contribution in [-0.2, 0) is 27.5 Å². The van der Waals surface area contributed by atoms with Crippen molar-refractivity contribution in [3.63, 3.8) is 0 Å².